The van der Waals surface area contributed by atoms with E-state index >= 15 is 0 Å². The van der Waals surface area contributed by atoms with E-state index < -0.39 is 10.8 Å². The maximum absolute atomic E-state index is 12.9. The lowest BCUT2D eigenvalue weighted by molar-refractivity contribution is -0.0769. The Labute approximate surface area is 186 Å². The van der Waals surface area contributed by atoms with Crippen molar-refractivity contribution in [3.63, 3.8) is 0 Å². The Hall–Kier alpha value is -2.31. The van der Waals surface area contributed by atoms with Gasteiger partial charge in [-0.25, -0.2) is 0 Å². The van der Waals surface area contributed by atoms with Gasteiger partial charge >= 0.3 is 0 Å². The van der Waals surface area contributed by atoms with Crippen LogP contribution < -0.4 is 0 Å². The summed E-state index contributed by atoms with van der Waals surface area (Å²) in [6, 6.07) is 30.1. The summed E-state index contributed by atoms with van der Waals surface area (Å²) in [7, 11) is -1.07. The summed E-state index contributed by atoms with van der Waals surface area (Å²) >= 11 is 0. The fourth-order valence-corrected chi connectivity index (χ4v) is 5.37. The maximum Gasteiger partial charge on any atom is 0.102 e. The minimum absolute atomic E-state index is 0.215. The monoisotopic (exact) mass is 436 g/mol. The maximum atomic E-state index is 12.9. The van der Waals surface area contributed by atoms with Crippen LogP contribution in [-0.4, -0.2) is 34.0 Å². The first-order valence-corrected chi connectivity index (χ1v) is 12.0. The first-order valence-electron chi connectivity index (χ1n) is 10.6. The Morgan fingerprint density at radius 1 is 0.677 bits per heavy atom. The Bertz CT molecular complexity index is 933. The van der Waals surface area contributed by atoms with Crippen molar-refractivity contribution in [2.75, 3.05) is 12.4 Å². The average molecular weight is 437 g/mol. The van der Waals surface area contributed by atoms with Gasteiger partial charge in [0.1, 0.15) is 6.10 Å². The zero-order valence-electron chi connectivity index (χ0n) is 17.5. The Kier molecular flexibility index (Phi) is 8.02. The van der Waals surface area contributed by atoms with Crippen LogP contribution in [0.3, 0.4) is 0 Å². The minimum Gasteiger partial charge on any atom is -0.375 e. The normalized spacial score (nSPS) is 23.1. The van der Waals surface area contributed by atoms with Crippen molar-refractivity contribution < 1.29 is 18.4 Å². The first-order chi connectivity index (χ1) is 15.3. The average Bonchev–Trinajstić information content (AvgIpc) is 3.12. The highest BCUT2D eigenvalue weighted by molar-refractivity contribution is 7.86. The van der Waals surface area contributed by atoms with Crippen LogP contribution in [-0.2, 0) is 44.8 Å². The van der Waals surface area contributed by atoms with Crippen molar-refractivity contribution in [3.8, 4) is 0 Å². The van der Waals surface area contributed by atoms with Crippen LogP contribution in [0.25, 0.3) is 0 Å². The molecule has 3 aromatic carbocycles. The second kappa shape index (κ2) is 11.3. The van der Waals surface area contributed by atoms with Crippen molar-refractivity contribution in [3.05, 3.63) is 108 Å². The van der Waals surface area contributed by atoms with E-state index in [4.69, 9.17) is 14.2 Å². The molecule has 0 amide bonds. The van der Waals surface area contributed by atoms with Gasteiger partial charge in [-0.2, -0.15) is 0 Å². The molecule has 0 spiro atoms. The summed E-state index contributed by atoms with van der Waals surface area (Å²) in [5.41, 5.74) is 3.29. The van der Waals surface area contributed by atoms with Crippen molar-refractivity contribution in [1.29, 1.82) is 0 Å². The zero-order chi connectivity index (χ0) is 21.3. The summed E-state index contributed by atoms with van der Waals surface area (Å²) in [6.07, 6.45) is -0.504. The molecular formula is C26H28O4S. The molecule has 1 saturated heterocycles. The van der Waals surface area contributed by atoms with Gasteiger partial charge in [0.25, 0.3) is 0 Å². The molecule has 4 rings (SSSR count). The largest absolute Gasteiger partial charge is 0.375 e. The molecule has 162 valence electrons. The Morgan fingerprint density at radius 2 is 1.16 bits per heavy atom. The van der Waals surface area contributed by atoms with Crippen LogP contribution in [0.15, 0.2) is 91.0 Å². The molecule has 31 heavy (non-hydrogen) atoms. The fourth-order valence-electron chi connectivity index (χ4n) is 3.71. The molecule has 4 nitrogen and oxygen atoms in total. The van der Waals surface area contributed by atoms with Gasteiger partial charge in [-0.3, -0.25) is 4.21 Å². The molecule has 5 heteroatoms. The van der Waals surface area contributed by atoms with Crippen LogP contribution in [0.4, 0.5) is 0 Å². The highest BCUT2D eigenvalue weighted by atomic mass is 32.2. The van der Waals surface area contributed by atoms with Crippen molar-refractivity contribution in [2.24, 2.45) is 0 Å². The Balaban J connectivity index is 1.40. The van der Waals surface area contributed by atoms with Crippen molar-refractivity contribution in [2.45, 2.75) is 37.3 Å². The summed E-state index contributed by atoms with van der Waals surface area (Å²) in [6.45, 7) is 1.82. The molecule has 0 aromatic heterocycles. The van der Waals surface area contributed by atoms with Crippen LogP contribution in [0.2, 0.25) is 0 Å². The highest BCUT2D eigenvalue weighted by Gasteiger charge is 2.43. The second-order valence-corrected chi connectivity index (χ2v) is 9.38. The molecule has 0 radical (unpaired) electrons. The number of hydrogen-bond acceptors (Lipinski definition) is 4. The van der Waals surface area contributed by atoms with Crippen LogP contribution in [0.5, 0.6) is 0 Å². The van der Waals surface area contributed by atoms with E-state index in [1.54, 1.807) is 0 Å². The number of ether oxygens (including phenoxy) is 3. The molecule has 0 unspecified atom stereocenters. The molecule has 1 aliphatic rings. The minimum atomic E-state index is -1.07. The van der Waals surface area contributed by atoms with Gasteiger partial charge < -0.3 is 14.2 Å². The van der Waals surface area contributed by atoms with E-state index in [0.29, 0.717) is 32.2 Å². The van der Waals surface area contributed by atoms with Crippen LogP contribution in [0.1, 0.15) is 16.7 Å². The second-order valence-electron chi connectivity index (χ2n) is 7.68. The first kappa shape index (κ1) is 21.9. The lowest BCUT2D eigenvalue weighted by Gasteiger charge is -2.24. The van der Waals surface area contributed by atoms with Gasteiger partial charge in [-0.1, -0.05) is 91.0 Å². The van der Waals surface area contributed by atoms with Crippen LogP contribution in [0, 0.1) is 0 Å². The quantitative estimate of drug-likeness (QED) is 0.469. The summed E-state index contributed by atoms with van der Waals surface area (Å²) in [5.74, 6) is 0.464. The van der Waals surface area contributed by atoms with Gasteiger partial charge in [0.2, 0.25) is 0 Å². The number of hydrogen-bond donors (Lipinski definition) is 0. The van der Waals surface area contributed by atoms with Gasteiger partial charge in [0.15, 0.2) is 0 Å². The summed E-state index contributed by atoms with van der Waals surface area (Å²) in [5, 5.41) is -0.215. The van der Waals surface area contributed by atoms with Crippen molar-refractivity contribution in [1.82, 2.24) is 0 Å². The Morgan fingerprint density at radius 3 is 1.71 bits per heavy atom. The molecule has 1 fully saturated rings. The summed E-state index contributed by atoms with van der Waals surface area (Å²) < 4.78 is 31.3. The smallest absolute Gasteiger partial charge is 0.102 e. The predicted octanol–water partition coefficient (Wildman–Crippen LogP) is 4.50. The zero-order valence-corrected chi connectivity index (χ0v) is 18.3. The fraction of sp³-hybridized carbons (Fsp3) is 0.308. The van der Waals surface area contributed by atoms with Gasteiger partial charge in [-0.15, -0.1) is 0 Å². The molecule has 0 aliphatic carbocycles. The van der Waals surface area contributed by atoms with Crippen molar-refractivity contribution >= 4 is 10.8 Å². The summed E-state index contributed by atoms with van der Waals surface area (Å²) in [4.78, 5) is 0. The third-order valence-electron chi connectivity index (χ3n) is 5.38. The number of benzene rings is 3. The molecule has 0 saturated carbocycles. The van der Waals surface area contributed by atoms with E-state index in [1.165, 1.54) is 0 Å². The van der Waals surface area contributed by atoms with E-state index in [9.17, 15) is 4.21 Å². The lowest BCUT2D eigenvalue weighted by Crippen LogP contribution is -2.37. The third kappa shape index (κ3) is 6.34. The standard InChI is InChI=1S/C26H28O4S/c27-31-20-24(29-17-22-12-6-2-7-13-22)26(30-18-23-14-8-3-9-15-23)25(31)19-28-16-21-10-4-1-5-11-21/h1-15,24-26H,16-20H2/t24-,25-,26+,31-/m1/s1. The van der Waals surface area contributed by atoms with E-state index in [2.05, 4.69) is 0 Å². The SMILES string of the molecule is O=[S@@]1C[C@@H](OCc2ccccc2)[C@H](OCc2ccccc2)[C@H]1COCc1ccccc1. The third-order valence-corrected chi connectivity index (χ3v) is 7.12. The van der Waals surface area contributed by atoms with Gasteiger partial charge in [0, 0.05) is 10.8 Å². The molecular weight excluding hydrogens is 408 g/mol. The van der Waals surface area contributed by atoms with E-state index in [0.717, 1.165) is 16.7 Å². The molecule has 1 aliphatic heterocycles. The molecule has 3 aromatic rings. The lowest BCUT2D eigenvalue weighted by atomic mass is 10.1. The highest BCUT2D eigenvalue weighted by Crippen LogP contribution is 2.26. The van der Waals surface area contributed by atoms with E-state index in [-0.39, 0.29) is 17.5 Å². The molecule has 0 bridgehead atoms. The van der Waals surface area contributed by atoms with Gasteiger partial charge in [-0.05, 0) is 16.7 Å². The number of rotatable bonds is 10. The van der Waals surface area contributed by atoms with E-state index in [1.807, 2.05) is 91.0 Å². The molecule has 4 atom stereocenters. The van der Waals surface area contributed by atoms with Gasteiger partial charge in [0.05, 0.1) is 43.5 Å². The van der Waals surface area contributed by atoms with Crippen LogP contribution >= 0.6 is 0 Å². The predicted molar refractivity (Wildman–Crippen MR) is 123 cm³/mol. The molecule has 1 heterocycles. The topological polar surface area (TPSA) is 44.8 Å². The molecule has 0 N–H and O–H groups in total.